The van der Waals surface area contributed by atoms with Crippen LogP contribution in [0.15, 0.2) is 60.9 Å². The van der Waals surface area contributed by atoms with Crippen LogP contribution in [0.4, 0.5) is 49.1 Å². The van der Waals surface area contributed by atoms with Gasteiger partial charge < -0.3 is 35.9 Å². The molecule has 4 aromatic rings. The summed E-state index contributed by atoms with van der Waals surface area (Å²) in [5, 5.41) is 49.1. The van der Waals surface area contributed by atoms with Gasteiger partial charge >= 0.3 is 12.4 Å². The van der Waals surface area contributed by atoms with Crippen LogP contribution >= 0.6 is 0 Å². The summed E-state index contributed by atoms with van der Waals surface area (Å²) in [5.41, 5.74) is 3.99. The minimum absolute atomic E-state index is 0. The number of pyridine rings is 2. The largest absolute Gasteiger partial charge is 0.542 e. The maximum Gasteiger partial charge on any atom is 0.430 e. The van der Waals surface area contributed by atoms with Gasteiger partial charge in [-0.3, -0.25) is 20.2 Å². The van der Waals surface area contributed by atoms with Gasteiger partial charge in [0.05, 0.1) is 32.0 Å². The third-order valence-electron chi connectivity index (χ3n) is 7.67. The van der Waals surface area contributed by atoms with Crippen molar-refractivity contribution in [3.8, 4) is 0 Å². The van der Waals surface area contributed by atoms with E-state index in [1.165, 1.54) is 0 Å². The van der Waals surface area contributed by atoms with Crippen molar-refractivity contribution in [2.75, 3.05) is 23.7 Å². The van der Waals surface area contributed by atoms with Gasteiger partial charge in [0.25, 0.3) is 11.4 Å². The normalized spacial score (nSPS) is 13.8. The number of carbonyl (C=O) groups excluding carboxylic acids is 2. The molecule has 21 heteroatoms. The quantitative estimate of drug-likeness (QED) is 0.131. The number of non-ortho nitro benzene ring substituents is 2. The van der Waals surface area contributed by atoms with E-state index >= 15 is 0 Å². The molecular weight excluding hydrogens is 726 g/mol. The minimum atomic E-state index is -5.19. The molecular formula is C32H34F6N6O9. The average Bonchev–Trinajstić information content (AvgIpc) is 3.07. The van der Waals surface area contributed by atoms with E-state index in [1.807, 2.05) is 24.3 Å². The SMILES string of the molecule is O.O=C([O-])C(F)(F)F.O=C([O-])C(F)(F)F.O=[N+]([O-])c1ccc2c(c1)c1cc[n+]2CCCCC[n+]2ccc(c3cc([N+](=O)[O-])ccc32)NCCCCCN1. The number of hydrogen-bond acceptors (Lipinski definition) is 10. The Kier molecular flexibility index (Phi) is 15.6. The molecule has 2 aliphatic heterocycles. The van der Waals surface area contributed by atoms with Gasteiger partial charge in [0.1, 0.15) is 25.0 Å². The van der Waals surface area contributed by atoms with Crippen LogP contribution in [0, 0.1) is 20.2 Å². The van der Waals surface area contributed by atoms with E-state index in [9.17, 15) is 46.6 Å². The van der Waals surface area contributed by atoms with Crippen LogP contribution in [0.25, 0.3) is 21.8 Å². The first-order valence-electron chi connectivity index (χ1n) is 15.7. The van der Waals surface area contributed by atoms with E-state index in [1.54, 1.807) is 24.3 Å². The Balaban J connectivity index is 0.000000551. The molecule has 2 aromatic heterocycles. The molecule has 2 aromatic carbocycles. The topological polar surface area (TPSA) is 230 Å². The number of fused-ring (bicyclic) bond motifs is 12. The molecule has 4 heterocycles. The molecule has 0 fully saturated rings. The summed E-state index contributed by atoms with van der Waals surface area (Å²) < 4.78 is 67.4. The fourth-order valence-electron chi connectivity index (χ4n) is 5.19. The molecule has 0 saturated carbocycles. The number of nitrogens with zero attached hydrogens (tertiary/aromatic N) is 4. The first-order valence-corrected chi connectivity index (χ1v) is 15.7. The molecule has 0 unspecified atom stereocenters. The maximum absolute atomic E-state index is 11.4. The fourth-order valence-corrected chi connectivity index (χ4v) is 5.19. The van der Waals surface area contributed by atoms with Crippen LogP contribution in [-0.4, -0.2) is 52.7 Å². The van der Waals surface area contributed by atoms with Crippen LogP contribution in [0.2, 0.25) is 0 Å². The highest BCUT2D eigenvalue weighted by Gasteiger charge is 2.29. The standard InChI is InChI=1S/C28H30N6O4.2C2HF3O2.H2O/c35-33(36)21-7-9-27-23(19-21)25-11-17-31(27)15-5-2-6-16-32-18-12-26(30-14-4-1-3-13-29-25)24-20-22(34(37)38)8-10-28(24)32;2*3-2(4,5)1(6)7;/h7-12,17-20H,1-6,13-16H2;2*(H,6,7);1H2. The van der Waals surface area contributed by atoms with E-state index in [-0.39, 0.29) is 26.7 Å². The van der Waals surface area contributed by atoms with Crippen molar-refractivity contribution >= 4 is 56.5 Å². The minimum Gasteiger partial charge on any atom is -0.542 e. The number of carboxylic acid groups (broad SMARTS) is 2. The lowest BCUT2D eigenvalue weighted by Crippen LogP contribution is -2.37. The van der Waals surface area contributed by atoms with Gasteiger partial charge in [-0.2, -0.15) is 35.5 Å². The van der Waals surface area contributed by atoms with Crippen molar-refractivity contribution in [1.82, 2.24) is 0 Å². The molecule has 0 amide bonds. The van der Waals surface area contributed by atoms with E-state index in [2.05, 4.69) is 32.2 Å². The van der Waals surface area contributed by atoms with Gasteiger partial charge in [-0.15, -0.1) is 0 Å². The Bertz CT molecular complexity index is 1790. The van der Waals surface area contributed by atoms with E-state index in [0.717, 1.165) is 97.9 Å². The van der Waals surface area contributed by atoms with Crippen molar-refractivity contribution in [1.29, 1.82) is 0 Å². The number of anilines is 2. The zero-order valence-electron chi connectivity index (χ0n) is 27.7. The number of halogens is 6. The maximum atomic E-state index is 11.4. The Morgan fingerprint density at radius 2 is 0.943 bits per heavy atom. The summed E-state index contributed by atoms with van der Waals surface area (Å²) >= 11 is 0. The number of hydrogen-bond donors (Lipinski definition) is 2. The molecule has 4 N–H and O–H groups in total. The summed E-state index contributed by atoms with van der Waals surface area (Å²) in [6.45, 7) is 3.16. The summed E-state index contributed by atoms with van der Waals surface area (Å²) in [6.07, 6.45) is -0.430. The molecule has 0 radical (unpaired) electrons. The lowest BCUT2D eigenvalue weighted by molar-refractivity contribution is -0.675. The van der Waals surface area contributed by atoms with Crippen LogP contribution < -0.4 is 30.0 Å². The third kappa shape index (κ3) is 12.7. The Morgan fingerprint density at radius 3 is 1.26 bits per heavy atom. The van der Waals surface area contributed by atoms with E-state index in [4.69, 9.17) is 19.8 Å². The first kappa shape index (κ1) is 43.3. The Morgan fingerprint density at radius 1 is 0.604 bits per heavy atom. The van der Waals surface area contributed by atoms with Gasteiger partial charge in [0.15, 0.2) is 12.4 Å². The smallest absolute Gasteiger partial charge is 0.430 e. The van der Waals surface area contributed by atoms with Crippen molar-refractivity contribution in [3.05, 3.63) is 81.2 Å². The zero-order chi connectivity index (χ0) is 38.6. The lowest BCUT2D eigenvalue weighted by atomic mass is 10.1. The monoisotopic (exact) mass is 760 g/mol. The van der Waals surface area contributed by atoms with Gasteiger partial charge in [-0.1, -0.05) is 0 Å². The predicted molar refractivity (Wildman–Crippen MR) is 172 cm³/mol. The summed E-state index contributed by atoms with van der Waals surface area (Å²) in [4.78, 5) is 39.7. The molecule has 2 aliphatic rings. The molecule has 53 heavy (non-hydrogen) atoms. The number of aryl methyl sites for hydroxylation is 2. The van der Waals surface area contributed by atoms with E-state index in [0.29, 0.717) is 0 Å². The molecule has 6 rings (SSSR count). The highest BCUT2D eigenvalue weighted by atomic mass is 19.4. The van der Waals surface area contributed by atoms with Crippen molar-refractivity contribution in [3.63, 3.8) is 0 Å². The molecule has 0 saturated heterocycles. The number of nitro groups is 2. The zero-order valence-corrected chi connectivity index (χ0v) is 27.7. The van der Waals surface area contributed by atoms with Crippen molar-refractivity contribution in [2.24, 2.45) is 0 Å². The highest BCUT2D eigenvalue weighted by Crippen LogP contribution is 2.27. The van der Waals surface area contributed by atoms with Crippen LogP contribution in [-0.2, 0) is 22.7 Å². The molecule has 15 nitrogen and oxygen atoms in total. The van der Waals surface area contributed by atoms with Gasteiger partial charge in [0.2, 0.25) is 11.0 Å². The number of carboxylic acids is 2. The summed E-state index contributed by atoms with van der Waals surface area (Å²) in [5.74, 6) is -6.01. The lowest BCUT2D eigenvalue weighted by Gasteiger charge is -2.12. The van der Waals surface area contributed by atoms with E-state index < -0.39 is 24.3 Å². The summed E-state index contributed by atoms with van der Waals surface area (Å²) in [6, 6.07) is 14.2. The molecule has 4 bridgehead atoms. The second-order valence-electron chi connectivity index (χ2n) is 11.3. The number of benzene rings is 2. The second kappa shape index (κ2) is 19.1. The average molecular weight is 761 g/mol. The molecule has 0 atom stereocenters. The number of aliphatic carboxylic acids is 2. The molecule has 288 valence electrons. The van der Waals surface area contributed by atoms with Crippen molar-refractivity contribution in [2.45, 2.75) is 64.0 Å². The number of carbonyl (C=O) groups is 2. The number of nitrogens with one attached hydrogen (secondary N) is 2. The second-order valence-corrected chi connectivity index (χ2v) is 11.3. The van der Waals surface area contributed by atoms with Crippen molar-refractivity contribution < 1.29 is 70.6 Å². The van der Waals surface area contributed by atoms with Crippen LogP contribution in [0.3, 0.4) is 0 Å². The number of alkyl halides is 6. The predicted octanol–water partition coefficient (Wildman–Crippen LogP) is 3.04. The fraction of sp³-hybridized carbons (Fsp3) is 0.375. The summed E-state index contributed by atoms with van der Waals surface area (Å²) in [7, 11) is 0. The van der Waals surface area contributed by atoms with Gasteiger partial charge in [0, 0.05) is 74.5 Å². The molecule has 0 aliphatic carbocycles. The Hall–Kier alpha value is -5.86. The van der Waals surface area contributed by atoms with Crippen LogP contribution in [0.5, 0.6) is 0 Å². The van der Waals surface area contributed by atoms with Gasteiger partial charge in [-0.25, -0.2) is 0 Å². The molecule has 0 spiro atoms. The number of nitro benzene ring substituents is 2. The van der Waals surface area contributed by atoms with Gasteiger partial charge in [-0.05, 0) is 25.7 Å². The number of aromatic nitrogens is 2. The number of rotatable bonds is 2. The first-order chi connectivity index (χ1) is 24.4. The highest BCUT2D eigenvalue weighted by molar-refractivity contribution is 5.91. The third-order valence-corrected chi connectivity index (χ3v) is 7.67. The van der Waals surface area contributed by atoms with Crippen LogP contribution in [0.1, 0.15) is 38.5 Å². The Labute approximate surface area is 296 Å².